The number of aryl methyl sites for hydroxylation is 2. The van der Waals surface area contributed by atoms with Gasteiger partial charge in [0.25, 0.3) is 5.91 Å². The number of aromatic nitrogens is 2. The minimum atomic E-state index is -0.605. The first-order valence-corrected chi connectivity index (χ1v) is 10.3. The summed E-state index contributed by atoms with van der Waals surface area (Å²) in [4.78, 5) is 29.6. The molecule has 152 valence electrons. The van der Waals surface area contributed by atoms with Crippen LogP contribution in [0.5, 0.6) is 0 Å². The first-order valence-electron chi connectivity index (χ1n) is 10.3. The van der Waals surface area contributed by atoms with Gasteiger partial charge in [0.05, 0.1) is 31.3 Å². The summed E-state index contributed by atoms with van der Waals surface area (Å²) in [6.45, 7) is 6.65. The standard InChI is InChI=1S/C22H26N4O3/c1-15-11-16(2)26(23-15)14-17-5-3-6-18(12-17)21(28)24-9-7-22-19(24)13-20(27)25(22)8-4-10-29-22/h3,5-6,11-12,19H,4,7-10,13-14H2,1-2H3/t19-,22+/m1/s1. The van der Waals surface area contributed by atoms with Crippen molar-refractivity contribution in [2.45, 2.75) is 51.4 Å². The van der Waals surface area contributed by atoms with Crippen molar-refractivity contribution >= 4 is 11.8 Å². The summed E-state index contributed by atoms with van der Waals surface area (Å²) >= 11 is 0. The Bertz CT molecular complexity index is 984. The summed E-state index contributed by atoms with van der Waals surface area (Å²) in [5, 5.41) is 4.52. The number of nitrogens with zero attached hydrogens (tertiary/aromatic N) is 4. The summed E-state index contributed by atoms with van der Waals surface area (Å²) in [6.07, 6.45) is 1.92. The molecule has 0 unspecified atom stereocenters. The Labute approximate surface area is 170 Å². The van der Waals surface area contributed by atoms with Gasteiger partial charge in [0.15, 0.2) is 5.72 Å². The Kier molecular flexibility index (Phi) is 4.24. The molecule has 2 atom stereocenters. The van der Waals surface area contributed by atoms with Gasteiger partial charge in [0.1, 0.15) is 0 Å². The molecule has 0 N–H and O–H groups in total. The van der Waals surface area contributed by atoms with Crippen molar-refractivity contribution in [3.63, 3.8) is 0 Å². The van der Waals surface area contributed by atoms with E-state index in [2.05, 4.69) is 5.10 Å². The van der Waals surface area contributed by atoms with Gasteiger partial charge < -0.3 is 14.5 Å². The van der Waals surface area contributed by atoms with E-state index in [-0.39, 0.29) is 17.9 Å². The van der Waals surface area contributed by atoms with Crippen LogP contribution in [0.2, 0.25) is 0 Å². The summed E-state index contributed by atoms with van der Waals surface area (Å²) in [5.74, 6) is 0.0800. The maximum Gasteiger partial charge on any atom is 0.254 e. The Morgan fingerprint density at radius 1 is 1.28 bits per heavy atom. The van der Waals surface area contributed by atoms with E-state index in [1.54, 1.807) is 0 Å². The predicted octanol–water partition coefficient (Wildman–Crippen LogP) is 2.11. The highest BCUT2D eigenvalue weighted by atomic mass is 16.5. The van der Waals surface area contributed by atoms with Crippen molar-refractivity contribution in [2.24, 2.45) is 0 Å². The zero-order chi connectivity index (χ0) is 20.2. The van der Waals surface area contributed by atoms with E-state index in [0.717, 1.165) is 29.9 Å². The fourth-order valence-corrected chi connectivity index (χ4v) is 5.17. The third kappa shape index (κ3) is 2.87. The smallest absolute Gasteiger partial charge is 0.254 e. The Morgan fingerprint density at radius 3 is 2.93 bits per heavy atom. The zero-order valence-corrected chi connectivity index (χ0v) is 16.9. The highest BCUT2D eigenvalue weighted by molar-refractivity contribution is 5.96. The summed E-state index contributed by atoms with van der Waals surface area (Å²) in [6, 6.07) is 9.59. The average Bonchev–Trinajstić information content (AvgIpc) is 3.30. The minimum absolute atomic E-state index is 0.0223. The molecule has 7 nitrogen and oxygen atoms in total. The van der Waals surface area contributed by atoms with Crippen LogP contribution < -0.4 is 0 Å². The maximum atomic E-state index is 13.4. The molecule has 1 aromatic heterocycles. The third-order valence-corrected chi connectivity index (χ3v) is 6.48. The highest BCUT2D eigenvalue weighted by Crippen LogP contribution is 2.45. The molecule has 1 aromatic carbocycles. The van der Waals surface area contributed by atoms with Crippen LogP contribution in [-0.2, 0) is 16.1 Å². The number of carbonyl (C=O) groups excluding carboxylic acids is 2. The molecule has 3 fully saturated rings. The van der Waals surface area contributed by atoms with E-state index in [4.69, 9.17) is 4.74 Å². The van der Waals surface area contributed by atoms with E-state index < -0.39 is 5.72 Å². The molecule has 3 aliphatic heterocycles. The summed E-state index contributed by atoms with van der Waals surface area (Å²) in [7, 11) is 0. The Morgan fingerprint density at radius 2 is 2.14 bits per heavy atom. The number of hydrogen-bond donors (Lipinski definition) is 0. The normalized spacial score (nSPS) is 26.0. The molecule has 0 saturated carbocycles. The van der Waals surface area contributed by atoms with Crippen molar-refractivity contribution in [3.8, 4) is 0 Å². The van der Waals surface area contributed by atoms with E-state index in [1.807, 2.05) is 58.7 Å². The Balaban J connectivity index is 1.39. The fraction of sp³-hybridized carbons (Fsp3) is 0.500. The zero-order valence-electron chi connectivity index (χ0n) is 16.9. The lowest BCUT2D eigenvalue weighted by Crippen LogP contribution is -2.56. The van der Waals surface area contributed by atoms with Gasteiger partial charge in [-0.1, -0.05) is 12.1 Å². The molecular formula is C22H26N4O3. The van der Waals surface area contributed by atoms with Crippen LogP contribution >= 0.6 is 0 Å². The quantitative estimate of drug-likeness (QED) is 0.800. The molecule has 3 saturated heterocycles. The van der Waals surface area contributed by atoms with E-state index in [0.29, 0.717) is 38.1 Å². The Hall–Kier alpha value is -2.67. The number of ether oxygens (including phenoxy) is 1. The van der Waals surface area contributed by atoms with Crippen molar-refractivity contribution in [1.82, 2.24) is 19.6 Å². The minimum Gasteiger partial charge on any atom is -0.353 e. The number of amides is 2. The maximum absolute atomic E-state index is 13.4. The second-order valence-electron chi connectivity index (χ2n) is 8.35. The van der Waals surface area contributed by atoms with Crippen LogP contribution in [0.3, 0.4) is 0 Å². The molecule has 2 aromatic rings. The van der Waals surface area contributed by atoms with E-state index in [1.165, 1.54) is 0 Å². The van der Waals surface area contributed by atoms with E-state index in [9.17, 15) is 9.59 Å². The molecule has 0 aliphatic carbocycles. The number of likely N-dealkylation sites (tertiary alicyclic amines) is 1. The first kappa shape index (κ1) is 18.4. The molecule has 3 aliphatic rings. The predicted molar refractivity (Wildman–Crippen MR) is 106 cm³/mol. The molecule has 0 radical (unpaired) electrons. The van der Waals surface area contributed by atoms with Gasteiger partial charge in [-0.2, -0.15) is 5.10 Å². The summed E-state index contributed by atoms with van der Waals surface area (Å²) < 4.78 is 8.07. The van der Waals surface area contributed by atoms with Gasteiger partial charge in [-0.3, -0.25) is 14.3 Å². The lowest BCUT2D eigenvalue weighted by molar-refractivity contribution is -0.179. The first-order chi connectivity index (χ1) is 14.0. The monoisotopic (exact) mass is 394 g/mol. The van der Waals surface area contributed by atoms with Gasteiger partial charge in [-0.25, -0.2) is 0 Å². The largest absolute Gasteiger partial charge is 0.353 e. The summed E-state index contributed by atoms with van der Waals surface area (Å²) in [5.41, 5.74) is 3.17. The SMILES string of the molecule is Cc1cc(C)n(Cc2cccc(C(=O)N3CC[C@@]45OCCCN4C(=O)C[C@@H]35)c2)n1. The fourth-order valence-electron chi connectivity index (χ4n) is 5.17. The number of carbonyl (C=O) groups is 2. The lowest BCUT2D eigenvalue weighted by atomic mass is 10.0. The molecule has 2 amide bonds. The van der Waals surface area contributed by atoms with Gasteiger partial charge in [-0.05, 0) is 44.0 Å². The second kappa shape index (κ2) is 6.69. The molecule has 0 bridgehead atoms. The third-order valence-electron chi connectivity index (χ3n) is 6.48. The molecular weight excluding hydrogens is 368 g/mol. The van der Waals surface area contributed by atoms with Crippen molar-refractivity contribution in [2.75, 3.05) is 19.7 Å². The van der Waals surface area contributed by atoms with Gasteiger partial charge >= 0.3 is 0 Å². The average molecular weight is 394 g/mol. The number of benzene rings is 1. The van der Waals surface area contributed by atoms with Gasteiger partial charge in [0.2, 0.25) is 5.91 Å². The van der Waals surface area contributed by atoms with Gasteiger partial charge in [0, 0.05) is 30.8 Å². The number of hydrogen-bond acceptors (Lipinski definition) is 4. The van der Waals surface area contributed by atoms with Crippen LogP contribution in [0, 0.1) is 13.8 Å². The molecule has 29 heavy (non-hydrogen) atoms. The van der Waals surface area contributed by atoms with E-state index >= 15 is 0 Å². The van der Waals surface area contributed by atoms with Crippen molar-refractivity contribution in [3.05, 3.63) is 52.8 Å². The topological polar surface area (TPSA) is 67.7 Å². The van der Waals surface area contributed by atoms with Gasteiger partial charge in [-0.15, -0.1) is 0 Å². The van der Waals surface area contributed by atoms with Crippen LogP contribution in [0.1, 0.15) is 46.6 Å². The number of rotatable bonds is 3. The lowest BCUT2D eigenvalue weighted by Gasteiger charge is -2.42. The molecule has 1 spiro atoms. The molecule has 7 heteroatoms. The van der Waals surface area contributed by atoms with Crippen molar-refractivity contribution in [1.29, 1.82) is 0 Å². The van der Waals surface area contributed by atoms with Crippen LogP contribution in [0.4, 0.5) is 0 Å². The van der Waals surface area contributed by atoms with Crippen LogP contribution in [0.15, 0.2) is 30.3 Å². The molecule has 5 rings (SSSR count). The second-order valence-corrected chi connectivity index (χ2v) is 8.35. The molecule has 4 heterocycles. The van der Waals surface area contributed by atoms with Crippen molar-refractivity contribution < 1.29 is 14.3 Å². The van der Waals surface area contributed by atoms with Crippen LogP contribution in [-0.4, -0.2) is 62.9 Å². The highest BCUT2D eigenvalue weighted by Gasteiger charge is 2.61. The van der Waals surface area contributed by atoms with Crippen LogP contribution in [0.25, 0.3) is 0 Å².